The van der Waals surface area contributed by atoms with Gasteiger partial charge in [0.1, 0.15) is 5.75 Å². The van der Waals surface area contributed by atoms with Crippen molar-refractivity contribution in [2.75, 3.05) is 6.61 Å². The van der Waals surface area contributed by atoms with Crippen molar-refractivity contribution in [1.29, 1.82) is 0 Å². The molecule has 88 valence electrons. The molecule has 0 bridgehead atoms. The highest BCUT2D eigenvalue weighted by Crippen LogP contribution is 2.31. The molecule has 0 aromatic heterocycles. The van der Waals surface area contributed by atoms with Gasteiger partial charge in [-0.15, -0.1) is 0 Å². The summed E-state index contributed by atoms with van der Waals surface area (Å²) in [5.41, 5.74) is 3.40. The fourth-order valence-corrected chi connectivity index (χ4v) is 2.21. The summed E-state index contributed by atoms with van der Waals surface area (Å²) in [4.78, 5) is 0. The normalized spacial score (nSPS) is 10.3. The van der Waals surface area contributed by atoms with Crippen LogP contribution in [0.1, 0.15) is 12.5 Å². The highest BCUT2D eigenvalue weighted by atomic mass is 35.5. The Morgan fingerprint density at radius 3 is 2.35 bits per heavy atom. The third kappa shape index (κ3) is 2.62. The highest BCUT2D eigenvalue weighted by molar-refractivity contribution is 6.33. The van der Waals surface area contributed by atoms with Crippen LogP contribution in [0, 0.1) is 6.92 Å². The molecule has 0 saturated heterocycles. The lowest BCUT2D eigenvalue weighted by atomic mass is 10.0. The number of hydrogen-bond donors (Lipinski definition) is 0. The molecule has 0 atom stereocenters. The Labute approximate surface area is 107 Å². The number of benzene rings is 2. The van der Waals surface area contributed by atoms with E-state index in [9.17, 15) is 0 Å². The van der Waals surface area contributed by atoms with Gasteiger partial charge in [-0.05, 0) is 43.2 Å². The van der Waals surface area contributed by atoms with Gasteiger partial charge < -0.3 is 4.74 Å². The minimum Gasteiger partial charge on any atom is -0.494 e. The van der Waals surface area contributed by atoms with Crippen molar-refractivity contribution < 1.29 is 4.74 Å². The molecule has 0 heterocycles. The molecule has 0 fully saturated rings. The predicted molar refractivity (Wildman–Crippen MR) is 72.8 cm³/mol. The van der Waals surface area contributed by atoms with E-state index in [1.54, 1.807) is 0 Å². The lowest BCUT2D eigenvalue weighted by molar-refractivity contribution is 0.340. The first-order valence-corrected chi connectivity index (χ1v) is 6.08. The topological polar surface area (TPSA) is 9.23 Å². The van der Waals surface area contributed by atoms with Gasteiger partial charge in [0.05, 0.1) is 6.61 Å². The summed E-state index contributed by atoms with van der Waals surface area (Å²) in [6, 6.07) is 14.0. The largest absolute Gasteiger partial charge is 0.494 e. The third-order valence-corrected chi connectivity index (χ3v) is 2.99. The number of halogens is 1. The second kappa shape index (κ2) is 5.24. The van der Waals surface area contributed by atoms with Crippen molar-refractivity contribution in [3.8, 4) is 16.9 Å². The van der Waals surface area contributed by atoms with Crippen molar-refractivity contribution in [3.63, 3.8) is 0 Å². The van der Waals surface area contributed by atoms with Crippen molar-refractivity contribution in [3.05, 3.63) is 53.1 Å². The molecule has 0 spiro atoms. The molecule has 0 unspecified atom stereocenters. The van der Waals surface area contributed by atoms with Crippen LogP contribution in [0.25, 0.3) is 11.1 Å². The molecule has 0 amide bonds. The number of hydrogen-bond acceptors (Lipinski definition) is 1. The minimum absolute atomic E-state index is 0.685. The van der Waals surface area contributed by atoms with E-state index in [4.69, 9.17) is 16.3 Å². The summed E-state index contributed by atoms with van der Waals surface area (Å²) in [6.07, 6.45) is 0. The summed E-state index contributed by atoms with van der Waals surface area (Å²) in [6.45, 7) is 4.73. The zero-order chi connectivity index (χ0) is 12.3. The summed E-state index contributed by atoms with van der Waals surface area (Å²) >= 11 is 6.23. The first-order chi connectivity index (χ1) is 8.22. The Kier molecular flexibility index (Phi) is 3.70. The molecule has 0 aliphatic heterocycles. The molecule has 0 N–H and O–H groups in total. The Hall–Kier alpha value is -1.47. The van der Waals surface area contributed by atoms with Crippen LogP contribution in [0.2, 0.25) is 5.02 Å². The van der Waals surface area contributed by atoms with Crippen molar-refractivity contribution in [1.82, 2.24) is 0 Å². The molecule has 17 heavy (non-hydrogen) atoms. The standard InChI is InChI=1S/C15H15ClO/c1-3-17-13-9-7-12(8-10-13)15-11(2)5-4-6-14(15)16/h4-10H,3H2,1-2H3. The van der Waals surface area contributed by atoms with Crippen molar-refractivity contribution in [2.45, 2.75) is 13.8 Å². The second-order valence-electron chi connectivity index (χ2n) is 3.89. The van der Waals surface area contributed by atoms with Crippen LogP contribution >= 0.6 is 11.6 Å². The molecule has 0 aliphatic rings. The molecular formula is C15H15ClO. The number of aryl methyl sites for hydroxylation is 1. The van der Waals surface area contributed by atoms with Gasteiger partial charge in [-0.1, -0.05) is 35.9 Å². The third-order valence-electron chi connectivity index (χ3n) is 2.68. The van der Waals surface area contributed by atoms with Gasteiger partial charge >= 0.3 is 0 Å². The van der Waals surface area contributed by atoms with Crippen LogP contribution in [0.15, 0.2) is 42.5 Å². The van der Waals surface area contributed by atoms with E-state index in [0.29, 0.717) is 6.61 Å². The van der Waals surface area contributed by atoms with Crippen molar-refractivity contribution >= 4 is 11.6 Å². The fraction of sp³-hybridized carbons (Fsp3) is 0.200. The molecule has 2 heteroatoms. The quantitative estimate of drug-likeness (QED) is 0.762. The van der Waals surface area contributed by atoms with Crippen LogP contribution in [-0.4, -0.2) is 6.61 Å². The first kappa shape index (κ1) is 12.0. The van der Waals surface area contributed by atoms with Gasteiger partial charge in [0.25, 0.3) is 0 Å². The smallest absolute Gasteiger partial charge is 0.119 e. The van der Waals surface area contributed by atoms with Crippen LogP contribution in [0.5, 0.6) is 5.75 Å². The molecule has 2 aromatic carbocycles. The van der Waals surface area contributed by atoms with Gasteiger partial charge in [-0.25, -0.2) is 0 Å². The maximum Gasteiger partial charge on any atom is 0.119 e. The van der Waals surface area contributed by atoms with Gasteiger partial charge in [0.15, 0.2) is 0 Å². The fourth-order valence-electron chi connectivity index (χ4n) is 1.88. The molecule has 2 aromatic rings. The average Bonchev–Trinajstić information content (AvgIpc) is 2.31. The molecule has 2 rings (SSSR count). The summed E-state index contributed by atoms with van der Waals surface area (Å²) in [5, 5.41) is 0.786. The van der Waals surface area contributed by atoms with Crippen LogP contribution in [-0.2, 0) is 0 Å². The maximum atomic E-state index is 6.23. The molecular weight excluding hydrogens is 232 g/mol. The van der Waals surface area contributed by atoms with E-state index < -0.39 is 0 Å². The number of ether oxygens (including phenoxy) is 1. The summed E-state index contributed by atoms with van der Waals surface area (Å²) in [5.74, 6) is 0.890. The van der Waals surface area contributed by atoms with Gasteiger partial charge in [0.2, 0.25) is 0 Å². The monoisotopic (exact) mass is 246 g/mol. The summed E-state index contributed by atoms with van der Waals surface area (Å²) in [7, 11) is 0. The lowest BCUT2D eigenvalue weighted by Crippen LogP contribution is -1.91. The Bertz CT molecular complexity index is 483. The zero-order valence-corrected chi connectivity index (χ0v) is 10.8. The summed E-state index contributed by atoms with van der Waals surface area (Å²) < 4.78 is 5.42. The average molecular weight is 247 g/mol. The van der Waals surface area contributed by atoms with E-state index in [1.165, 1.54) is 5.56 Å². The van der Waals surface area contributed by atoms with E-state index in [1.807, 2.05) is 43.3 Å². The maximum absolute atomic E-state index is 6.23. The van der Waals surface area contributed by atoms with Crippen molar-refractivity contribution in [2.24, 2.45) is 0 Å². The SMILES string of the molecule is CCOc1ccc(-c2c(C)cccc2Cl)cc1. The second-order valence-corrected chi connectivity index (χ2v) is 4.30. The molecule has 0 radical (unpaired) electrons. The van der Waals surface area contributed by atoms with Gasteiger partial charge in [-0.2, -0.15) is 0 Å². The van der Waals surface area contributed by atoms with E-state index >= 15 is 0 Å². The van der Waals surface area contributed by atoms with Gasteiger partial charge in [0, 0.05) is 10.6 Å². The minimum atomic E-state index is 0.685. The zero-order valence-electron chi connectivity index (χ0n) is 10.0. The van der Waals surface area contributed by atoms with E-state index in [-0.39, 0.29) is 0 Å². The molecule has 1 nitrogen and oxygen atoms in total. The Morgan fingerprint density at radius 2 is 1.76 bits per heavy atom. The highest BCUT2D eigenvalue weighted by Gasteiger charge is 2.06. The van der Waals surface area contributed by atoms with E-state index in [0.717, 1.165) is 21.9 Å². The van der Waals surface area contributed by atoms with E-state index in [2.05, 4.69) is 13.0 Å². The molecule has 0 saturated carbocycles. The van der Waals surface area contributed by atoms with Crippen LogP contribution in [0.3, 0.4) is 0 Å². The van der Waals surface area contributed by atoms with Gasteiger partial charge in [-0.3, -0.25) is 0 Å². The Balaban J connectivity index is 2.40. The van der Waals surface area contributed by atoms with Crippen LogP contribution in [0.4, 0.5) is 0 Å². The predicted octanol–water partition coefficient (Wildman–Crippen LogP) is 4.71. The Morgan fingerprint density at radius 1 is 1.06 bits per heavy atom. The molecule has 0 aliphatic carbocycles. The number of rotatable bonds is 3. The first-order valence-electron chi connectivity index (χ1n) is 5.70. The lowest BCUT2D eigenvalue weighted by Gasteiger charge is -2.09. The van der Waals surface area contributed by atoms with Crippen LogP contribution < -0.4 is 4.74 Å².